The van der Waals surface area contributed by atoms with Gasteiger partial charge in [-0.3, -0.25) is 4.90 Å². The van der Waals surface area contributed by atoms with Gasteiger partial charge in [-0.05, 0) is 50.0 Å². The molecule has 2 fully saturated rings. The summed E-state index contributed by atoms with van der Waals surface area (Å²) in [5, 5.41) is 0.744. The average Bonchev–Trinajstić information content (AvgIpc) is 2.84. The molecule has 0 bridgehead atoms. The summed E-state index contributed by atoms with van der Waals surface area (Å²) in [5.41, 5.74) is 1.09. The quantitative estimate of drug-likeness (QED) is 0.765. The number of nitrogens with zero attached hydrogens (tertiary/aromatic N) is 2. The van der Waals surface area contributed by atoms with Crippen molar-refractivity contribution in [3.63, 3.8) is 0 Å². The van der Waals surface area contributed by atoms with Crippen LogP contribution in [0.2, 0.25) is 0 Å². The standard InChI is InChI=1S/C15H21BrN2O2S/c16-11-13-4-6-15(7-5-13)21(19,20)18-10-2-9-17-8-1-3-14(17)12-18/h4-7,14H,1-3,8-12H2. The van der Waals surface area contributed by atoms with Gasteiger partial charge in [0.15, 0.2) is 0 Å². The lowest BCUT2D eigenvalue weighted by atomic mass is 10.2. The van der Waals surface area contributed by atoms with Gasteiger partial charge in [0.05, 0.1) is 4.90 Å². The van der Waals surface area contributed by atoms with Gasteiger partial charge >= 0.3 is 0 Å². The maximum Gasteiger partial charge on any atom is 0.243 e. The first-order valence-electron chi connectivity index (χ1n) is 7.50. The molecule has 2 aliphatic rings. The summed E-state index contributed by atoms with van der Waals surface area (Å²) in [4.78, 5) is 2.86. The van der Waals surface area contributed by atoms with Crippen molar-refractivity contribution in [2.75, 3.05) is 26.2 Å². The maximum atomic E-state index is 12.8. The Morgan fingerprint density at radius 2 is 1.81 bits per heavy atom. The highest BCUT2D eigenvalue weighted by Crippen LogP contribution is 2.25. The minimum Gasteiger partial charge on any atom is -0.299 e. The Balaban J connectivity index is 1.82. The Morgan fingerprint density at radius 3 is 2.52 bits per heavy atom. The van der Waals surface area contributed by atoms with Crippen LogP contribution in [-0.2, 0) is 15.4 Å². The fourth-order valence-electron chi connectivity index (χ4n) is 3.29. The zero-order valence-corrected chi connectivity index (χ0v) is 14.4. The first kappa shape index (κ1) is 15.5. The molecule has 0 N–H and O–H groups in total. The SMILES string of the molecule is O=S(=O)(c1ccc(CBr)cc1)N1CCCN2CCCC2C1. The predicted molar refractivity (Wildman–Crippen MR) is 87.0 cm³/mol. The Bertz CT molecular complexity index is 588. The smallest absolute Gasteiger partial charge is 0.243 e. The van der Waals surface area contributed by atoms with Gasteiger partial charge in [0.2, 0.25) is 10.0 Å². The monoisotopic (exact) mass is 372 g/mol. The van der Waals surface area contributed by atoms with E-state index in [4.69, 9.17) is 0 Å². The van der Waals surface area contributed by atoms with E-state index in [-0.39, 0.29) is 0 Å². The molecule has 4 nitrogen and oxygen atoms in total. The van der Waals surface area contributed by atoms with Crippen molar-refractivity contribution in [1.82, 2.24) is 9.21 Å². The number of halogens is 1. The topological polar surface area (TPSA) is 40.6 Å². The molecule has 0 amide bonds. The number of benzene rings is 1. The lowest BCUT2D eigenvalue weighted by Crippen LogP contribution is -2.39. The fourth-order valence-corrected chi connectivity index (χ4v) is 5.18. The Labute approximate surface area is 135 Å². The van der Waals surface area contributed by atoms with E-state index in [1.165, 1.54) is 6.42 Å². The number of hydrogen-bond donors (Lipinski definition) is 0. The van der Waals surface area contributed by atoms with Crippen LogP contribution in [-0.4, -0.2) is 49.8 Å². The van der Waals surface area contributed by atoms with Crippen LogP contribution in [0, 0.1) is 0 Å². The molecule has 1 unspecified atom stereocenters. The second-order valence-electron chi connectivity index (χ2n) is 5.83. The molecular weight excluding hydrogens is 352 g/mol. The molecular formula is C15H21BrN2O2S. The Hall–Kier alpha value is -0.430. The van der Waals surface area contributed by atoms with Gasteiger partial charge in [0, 0.05) is 24.5 Å². The number of sulfonamides is 1. The molecule has 6 heteroatoms. The average molecular weight is 373 g/mol. The summed E-state index contributed by atoms with van der Waals surface area (Å²) < 4.78 is 27.3. The highest BCUT2D eigenvalue weighted by molar-refractivity contribution is 9.08. The summed E-state index contributed by atoms with van der Waals surface area (Å²) in [6.07, 6.45) is 3.24. The van der Waals surface area contributed by atoms with Crippen LogP contribution in [0.5, 0.6) is 0 Å². The molecule has 2 heterocycles. The Kier molecular flexibility index (Phi) is 4.69. The van der Waals surface area contributed by atoms with Crippen LogP contribution in [0.1, 0.15) is 24.8 Å². The van der Waals surface area contributed by atoms with Gasteiger partial charge in [-0.25, -0.2) is 8.42 Å². The van der Waals surface area contributed by atoms with E-state index >= 15 is 0 Å². The molecule has 1 aromatic carbocycles. The molecule has 0 spiro atoms. The normalized spacial score (nSPS) is 24.7. The minimum atomic E-state index is -3.36. The van der Waals surface area contributed by atoms with E-state index in [1.807, 2.05) is 12.1 Å². The zero-order chi connectivity index (χ0) is 14.9. The van der Waals surface area contributed by atoms with Crippen LogP contribution in [0.25, 0.3) is 0 Å². The predicted octanol–water partition coefficient (Wildman–Crippen LogP) is 2.44. The van der Waals surface area contributed by atoms with E-state index in [9.17, 15) is 8.42 Å². The van der Waals surface area contributed by atoms with Crippen molar-refractivity contribution in [2.24, 2.45) is 0 Å². The van der Waals surface area contributed by atoms with Crippen molar-refractivity contribution in [3.8, 4) is 0 Å². The van der Waals surface area contributed by atoms with Crippen LogP contribution >= 0.6 is 15.9 Å². The summed E-state index contributed by atoms with van der Waals surface area (Å²) >= 11 is 3.38. The van der Waals surface area contributed by atoms with E-state index in [2.05, 4.69) is 20.8 Å². The van der Waals surface area contributed by atoms with Crippen molar-refractivity contribution < 1.29 is 8.42 Å². The van der Waals surface area contributed by atoms with Crippen molar-refractivity contribution in [2.45, 2.75) is 35.5 Å². The molecule has 3 rings (SSSR count). The van der Waals surface area contributed by atoms with Crippen LogP contribution in [0.15, 0.2) is 29.2 Å². The second kappa shape index (κ2) is 6.36. The third-order valence-electron chi connectivity index (χ3n) is 4.48. The molecule has 0 radical (unpaired) electrons. The second-order valence-corrected chi connectivity index (χ2v) is 8.32. The summed E-state index contributed by atoms with van der Waals surface area (Å²) in [6.45, 7) is 3.43. The highest BCUT2D eigenvalue weighted by atomic mass is 79.9. The van der Waals surface area contributed by atoms with Gasteiger partial charge in [-0.2, -0.15) is 4.31 Å². The molecule has 0 aromatic heterocycles. The molecule has 0 saturated carbocycles. The summed E-state index contributed by atoms with van der Waals surface area (Å²) in [5.74, 6) is 0. The summed E-state index contributed by atoms with van der Waals surface area (Å²) in [6, 6.07) is 7.61. The van der Waals surface area contributed by atoms with Crippen molar-refractivity contribution in [1.29, 1.82) is 0 Å². The third-order valence-corrected chi connectivity index (χ3v) is 7.01. The van der Waals surface area contributed by atoms with Gasteiger partial charge in [-0.15, -0.1) is 0 Å². The number of alkyl halides is 1. The van der Waals surface area contributed by atoms with Crippen molar-refractivity contribution in [3.05, 3.63) is 29.8 Å². The molecule has 116 valence electrons. The van der Waals surface area contributed by atoms with Gasteiger partial charge in [0.25, 0.3) is 0 Å². The molecule has 1 atom stereocenters. The molecule has 2 aliphatic heterocycles. The lowest BCUT2D eigenvalue weighted by molar-refractivity contribution is 0.257. The lowest BCUT2D eigenvalue weighted by Gasteiger charge is -2.25. The summed E-state index contributed by atoms with van der Waals surface area (Å²) in [7, 11) is -3.36. The van der Waals surface area contributed by atoms with Crippen LogP contribution < -0.4 is 0 Å². The van der Waals surface area contributed by atoms with Gasteiger partial charge in [-0.1, -0.05) is 28.1 Å². The van der Waals surface area contributed by atoms with Gasteiger partial charge < -0.3 is 0 Å². The van der Waals surface area contributed by atoms with Gasteiger partial charge in [0.1, 0.15) is 0 Å². The molecule has 0 aliphatic carbocycles. The van der Waals surface area contributed by atoms with E-state index in [0.717, 1.165) is 36.8 Å². The largest absolute Gasteiger partial charge is 0.299 e. The van der Waals surface area contributed by atoms with E-state index < -0.39 is 10.0 Å². The molecule has 2 saturated heterocycles. The van der Waals surface area contributed by atoms with E-state index in [0.29, 0.717) is 24.0 Å². The number of hydrogen-bond acceptors (Lipinski definition) is 3. The zero-order valence-electron chi connectivity index (χ0n) is 12.0. The highest BCUT2D eigenvalue weighted by Gasteiger charge is 2.34. The maximum absolute atomic E-state index is 12.8. The minimum absolute atomic E-state index is 0.407. The third kappa shape index (κ3) is 3.18. The van der Waals surface area contributed by atoms with Crippen LogP contribution in [0.3, 0.4) is 0 Å². The number of fused-ring (bicyclic) bond motifs is 1. The first-order chi connectivity index (χ1) is 10.1. The van der Waals surface area contributed by atoms with Crippen LogP contribution in [0.4, 0.5) is 0 Å². The first-order valence-corrected chi connectivity index (χ1v) is 10.1. The van der Waals surface area contributed by atoms with E-state index in [1.54, 1.807) is 16.4 Å². The number of rotatable bonds is 3. The molecule has 21 heavy (non-hydrogen) atoms. The fraction of sp³-hybridized carbons (Fsp3) is 0.600. The Morgan fingerprint density at radius 1 is 1.10 bits per heavy atom. The molecule has 1 aromatic rings. The van der Waals surface area contributed by atoms with Crippen molar-refractivity contribution >= 4 is 26.0 Å².